The van der Waals surface area contributed by atoms with Crippen LogP contribution >= 0.6 is 11.6 Å². The third-order valence-electron chi connectivity index (χ3n) is 3.47. The lowest BCUT2D eigenvalue weighted by atomic mass is 9.98. The molecular weight excluding hydrogens is 289 g/mol. The van der Waals surface area contributed by atoms with Crippen LogP contribution < -0.4 is 0 Å². The van der Waals surface area contributed by atoms with Crippen LogP contribution in [-0.2, 0) is 6.42 Å². The van der Waals surface area contributed by atoms with Crippen molar-refractivity contribution in [2.24, 2.45) is 0 Å². The van der Waals surface area contributed by atoms with Gasteiger partial charge in [-0.15, -0.1) is 0 Å². The highest BCUT2D eigenvalue weighted by Crippen LogP contribution is 2.26. The van der Waals surface area contributed by atoms with Crippen LogP contribution in [0.3, 0.4) is 0 Å². The Bertz CT molecular complexity index is 785. The molecule has 0 amide bonds. The Balaban J connectivity index is 1.94. The van der Waals surface area contributed by atoms with Gasteiger partial charge in [0.15, 0.2) is 0 Å². The molecule has 1 atom stereocenters. The second kappa shape index (κ2) is 5.80. The van der Waals surface area contributed by atoms with E-state index < -0.39 is 11.9 Å². The number of fused-ring (bicyclic) bond motifs is 1. The van der Waals surface area contributed by atoms with E-state index in [9.17, 15) is 9.50 Å². The normalized spacial score (nSPS) is 12.5. The minimum atomic E-state index is -0.923. The van der Waals surface area contributed by atoms with Crippen molar-refractivity contribution in [1.82, 2.24) is 4.98 Å². The fourth-order valence-corrected chi connectivity index (χ4v) is 2.58. The van der Waals surface area contributed by atoms with Gasteiger partial charge in [0, 0.05) is 28.6 Å². The van der Waals surface area contributed by atoms with E-state index in [1.165, 1.54) is 12.1 Å². The molecule has 3 rings (SSSR count). The van der Waals surface area contributed by atoms with E-state index in [4.69, 9.17) is 11.6 Å². The Hall–Kier alpha value is -1.97. The van der Waals surface area contributed by atoms with Crippen molar-refractivity contribution in [3.05, 3.63) is 76.7 Å². The van der Waals surface area contributed by atoms with E-state index in [2.05, 4.69) is 4.98 Å². The van der Waals surface area contributed by atoms with Crippen LogP contribution in [-0.4, -0.2) is 10.1 Å². The van der Waals surface area contributed by atoms with Crippen LogP contribution in [0.25, 0.3) is 10.9 Å². The maximum Gasteiger partial charge on any atom is 0.130 e. The number of aliphatic hydroxyl groups is 1. The average molecular weight is 302 g/mol. The third-order valence-corrected chi connectivity index (χ3v) is 3.71. The Morgan fingerprint density at radius 1 is 1.14 bits per heavy atom. The number of halogens is 2. The fourth-order valence-electron chi connectivity index (χ4n) is 2.42. The summed E-state index contributed by atoms with van der Waals surface area (Å²) in [6.45, 7) is 0. The quantitative estimate of drug-likeness (QED) is 0.782. The molecule has 4 heteroatoms. The molecule has 0 aliphatic heterocycles. The molecule has 0 aliphatic rings. The summed E-state index contributed by atoms with van der Waals surface area (Å²) in [7, 11) is 0. The minimum Gasteiger partial charge on any atom is -0.388 e. The molecular formula is C17H13ClFNO. The standard InChI is InChI=1S/C17H13ClFNO/c18-12-5-6-14(15(19)10-12)17(21)9-11-7-8-20-16-4-2-1-3-13(11)16/h1-8,10,17,21H,9H2. The molecule has 3 aromatic rings. The highest BCUT2D eigenvalue weighted by Gasteiger charge is 2.15. The van der Waals surface area contributed by atoms with Gasteiger partial charge < -0.3 is 5.11 Å². The Labute approximate surface area is 126 Å². The molecule has 1 aromatic heterocycles. The monoisotopic (exact) mass is 301 g/mol. The first-order chi connectivity index (χ1) is 10.1. The molecule has 2 nitrogen and oxygen atoms in total. The zero-order valence-corrected chi connectivity index (χ0v) is 11.9. The highest BCUT2D eigenvalue weighted by molar-refractivity contribution is 6.30. The summed E-state index contributed by atoms with van der Waals surface area (Å²) < 4.78 is 13.9. The second-order valence-corrected chi connectivity index (χ2v) is 5.31. The first-order valence-electron chi connectivity index (χ1n) is 6.61. The minimum absolute atomic E-state index is 0.250. The second-order valence-electron chi connectivity index (χ2n) is 4.87. The molecule has 0 saturated heterocycles. The molecule has 21 heavy (non-hydrogen) atoms. The smallest absolute Gasteiger partial charge is 0.130 e. The third kappa shape index (κ3) is 2.89. The summed E-state index contributed by atoms with van der Waals surface area (Å²) in [6, 6.07) is 13.8. The van der Waals surface area contributed by atoms with Crippen LogP contribution in [0, 0.1) is 5.82 Å². The number of hydrogen-bond acceptors (Lipinski definition) is 2. The SMILES string of the molecule is OC(Cc1ccnc2ccccc12)c1ccc(Cl)cc1F. The summed E-state index contributed by atoms with van der Waals surface area (Å²) in [5.74, 6) is -0.492. The molecule has 106 valence electrons. The van der Waals surface area contributed by atoms with E-state index in [1.807, 2.05) is 30.3 Å². The number of aromatic nitrogens is 1. The maximum atomic E-state index is 13.9. The van der Waals surface area contributed by atoms with Gasteiger partial charge in [-0.25, -0.2) is 4.39 Å². The van der Waals surface area contributed by atoms with Crippen molar-refractivity contribution < 1.29 is 9.50 Å². The average Bonchev–Trinajstić information content (AvgIpc) is 2.47. The van der Waals surface area contributed by atoms with E-state index in [0.717, 1.165) is 16.5 Å². The van der Waals surface area contributed by atoms with Crippen molar-refractivity contribution >= 4 is 22.5 Å². The number of aliphatic hydroxyl groups excluding tert-OH is 1. The van der Waals surface area contributed by atoms with Crippen LogP contribution in [0.2, 0.25) is 5.02 Å². The van der Waals surface area contributed by atoms with E-state index in [-0.39, 0.29) is 5.56 Å². The number of para-hydroxylation sites is 1. The van der Waals surface area contributed by atoms with Crippen LogP contribution in [0.4, 0.5) is 4.39 Å². The lowest BCUT2D eigenvalue weighted by molar-refractivity contribution is 0.174. The summed E-state index contributed by atoms with van der Waals surface area (Å²) in [6.07, 6.45) is 1.09. The number of pyridine rings is 1. The molecule has 0 aliphatic carbocycles. The fraction of sp³-hybridized carbons (Fsp3) is 0.118. The number of rotatable bonds is 3. The van der Waals surface area contributed by atoms with Gasteiger partial charge in [-0.1, -0.05) is 35.9 Å². The Morgan fingerprint density at radius 2 is 1.95 bits per heavy atom. The lowest BCUT2D eigenvalue weighted by Gasteiger charge is -2.13. The topological polar surface area (TPSA) is 33.1 Å². The highest BCUT2D eigenvalue weighted by atomic mass is 35.5. The molecule has 1 N–H and O–H groups in total. The van der Waals surface area contributed by atoms with Gasteiger partial charge in [0.05, 0.1) is 11.6 Å². The van der Waals surface area contributed by atoms with Gasteiger partial charge in [0.2, 0.25) is 0 Å². The first-order valence-corrected chi connectivity index (χ1v) is 6.98. The molecule has 1 unspecified atom stereocenters. The zero-order chi connectivity index (χ0) is 14.8. The Morgan fingerprint density at radius 3 is 2.76 bits per heavy atom. The predicted octanol–water partition coefficient (Wildman–Crippen LogP) is 4.30. The predicted molar refractivity (Wildman–Crippen MR) is 81.8 cm³/mol. The molecule has 0 fully saturated rings. The first kappa shape index (κ1) is 14.0. The summed E-state index contributed by atoms with van der Waals surface area (Å²) in [5, 5.41) is 11.6. The van der Waals surface area contributed by atoms with Crippen LogP contribution in [0.1, 0.15) is 17.2 Å². The van der Waals surface area contributed by atoms with Crippen LogP contribution in [0.5, 0.6) is 0 Å². The molecule has 0 bridgehead atoms. The Kier molecular flexibility index (Phi) is 3.86. The molecule has 0 radical (unpaired) electrons. The van der Waals surface area contributed by atoms with Crippen molar-refractivity contribution in [2.75, 3.05) is 0 Å². The molecule has 0 saturated carbocycles. The van der Waals surface area contributed by atoms with Gasteiger partial charge in [-0.3, -0.25) is 4.98 Å². The van der Waals surface area contributed by atoms with Crippen molar-refractivity contribution in [3.63, 3.8) is 0 Å². The van der Waals surface area contributed by atoms with Gasteiger partial charge in [-0.05, 0) is 29.8 Å². The number of benzene rings is 2. The van der Waals surface area contributed by atoms with E-state index in [0.29, 0.717) is 11.4 Å². The van der Waals surface area contributed by atoms with Gasteiger partial charge in [0.1, 0.15) is 5.82 Å². The van der Waals surface area contributed by atoms with Gasteiger partial charge in [-0.2, -0.15) is 0 Å². The van der Waals surface area contributed by atoms with Crippen LogP contribution in [0.15, 0.2) is 54.7 Å². The molecule has 2 aromatic carbocycles. The molecule has 1 heterocycles. The summed E-state index contributed by atoms with van der Waals surface area (Å²) in [5.41, 5.74) is 2.04. The van der Waals surface area contributed by atoms with E-state index in [1.54, 1.807) is 12.3 Å². The van der Waals surface area contributed by atoms with Crippen molar-refractivity contribution in [2.45, 2.75) is 12.5 Å². The number of hydrogen-bond donors (Lipinski definition) is 1. The van der Waals surface area contributed by atoms with Crippen molar-refractivity contribution in [3.8, 4) is 0 Å². The van der Waals surface area contributed by atoms with Gasteiger partial charge in [0.25, 0.3) is 0 Å². The maximum absolute atomic E-state index is 13.9. The van der Waals surface area contributed by atoms with E-state index >= 15 is 0 Å². The molecule has 0 spiro atoms. The summed E-state index contributed by atoms with van der Waals surface area (Å²) >= 11 is 5.73. The van der Waals surface area contributed by atoms with Gasteiger partial charge >= 0.3 is 0 Å². The number of nitrogens with zero attached hydrogens (tertiary/aromatic N) is 1. The zero-order valence-electron chi connectivity index (χ0n) is 11.1. The summed E-state index contributed by atoms with van der Waals surface area (Å²) in [4.78, 5) is 4.28. The van der Waals surface area contributed by atoms with Crippen molar-refractivity contribution in [1.29, 1.82) is 0 Å². The largest absolute Gasteiger partial charge is 0.388 e. The lowest BCUT2D eigenvalue weighted by Crippen LogP contribution is -2.05.